The van der Waals surface area contributed by atoms with Gasteiger partial charge >= 0.3 is 0 Å². The molecule has 30 heavy (non-hydrogen) atoms. The van der Waals surface area contributed by atoms with Gasteiger partial charge in [-0.3, -0.25) is 0 Å². The molecule has 0 radical (unpaired) electrons. The zero-order valence-electron chi connectivity index (χ0n) is 17.2. The van der Waals surface area contributed by atoms with E-state index in [2.05, 4.69) is 9.97 Å². The Morgan fingerprint density at radius 2 is 1.83 bits per heavy atom. The molecular weight excluding hydrogens is 408 g/mol. The van der Waals surface area contributed by atoms with Crippen molar-refractivity contribution in [2.75, 3.05) is 51.9 Å². The fraction of sp³-hybridized carbons (Fsp3) is 0.500. The van der Waals surface area contributed by atoms with Gasteiger partial charge in [-0.2, -0.15) is 4.31 Å². The molecule has 9 nitrogen and oxygen atoms in total. The average molecular weight is 435 g/mol. The summed E-state index contributed by atoms with van der Waals surface area (Å²) in [6, 6.07) is 4.81. The van der Waals surface area contributed by atoms with E-state index in [9.17, 15) is 8.42 Å². The second kappa shape index (κ2) is 8.65. The van der Waals surface area contributed by atoms with Crippen LogP contribution in [-0.2, 0) is 10.0 Å². The third kappa shape index (κ3) is 4.15. The summed E-state index contributed by atoms with van der Waals surface area (Å²) < 4.78 is 44.0. The normalized spacial score (nSPS) is 17.5. The van der Waals surface area contributed by atoms with Gasteiger partial charge in [0.25, 0.3) is 5.88 Å². The first-order valence-electron chi connectivity index (χ1n) is 9.95. The van der Waals surface area contributed by atoms with Gasteiger partial charge in [0.15, 0.2) is 17.3 Å². The number of methoxy groups -OCH3 is 1. The highest BCUT2D eigenvalue weighted by Crippen LogP contribution is 2.34. The topological polar surface area (TPSA) is 94.1 Å². The molecule has 0 aliphatic carbocycles. The highest BCUT2D eigenvalue weighted by molar-refractivity contribution is 7.89. The van der Waals surface area contributed by atoms with Crippen LogP contribution in [0.5, 0.6) is 17.4 Å². The van der Waals surface area contributed by atoms with Crippen molar-refractivity contribution in [1.82, 2.24) is 14.3 Å². The largest absolute Gasteiger partial charge is 0.486 e. The van der Waals surface area contributed by atoms with Crippen LogP contribution in [0.15, 0.2) is 35.5 Å². The van der Waals surface area contributed by atoms with Gasteiger partial charge in [-0.25, -0.2) is 18.4 Å². The summed E-state index contributed by atoms with van der Waals surface area (Å²) in [6.45, 7) is 2.61. The van der Waals surface area contributed by atoms with Gasteiger partial charge in [0.2, 0.25) is 10.0 Å². The molecule has 2 aliphatic rings. The van der Waals surface area contributed by atoms with Crippen LogP contribution in [0.2, 0.25) is 0 Å². The standard InChI is InChI=1S/C20H26N4O5S/c1-23(19-20(27-2)22-8-7-21-19)14-15-5-9-24(10-6-15)30(25,26)16-3-4-17-18(13-16)29-12-11-28-17/h3-4,7-8,13,15H,5-6,9-12,14H2,1-2H3. The molecule has 162 valence electrons. The lowest BCUT2D eigenvalue weighted by atomic mass is 9.98. The second-order valence-corrected chi connectivity index (χ2v) is 9.36. The summed E-state index contributed by atoms with van der Waals surface area (Å²) in [5, 5.41) is 0. The number of aromatic nitrogens is 2. The van der Waals surface area contributed by atoms with Crippen molar-refractivity contribution in [3.63, 3.8) is 0 Å². The van der Waals surface area contributed by atoms with Crippen LogP contribution in [0.1, 0.15) is 12.8 Å². The van der Waals surface area contributed by atoms with E-state index in [1.165, 1.54) is 0 Å². The zero-order valence-corrected chi connectivity index (χ0v) is 18.0. The van der Waals surface area contributed by atoms with E-state index in [1.54, 1.807) is 42.0 Å². The summed E-state index contributed by atoms with van der Waals surface area (Å²) in [7, 11) is -0.0472. The molecule has 0 bridgehead atoms. The van der Waals surface area contributed by atoms with E-state index in [0.717, 1.165) is 19.4 Å². The first-order valence-corrected chi connectivity index (χ1v) is 11.4. The molecule has 2 aliphatic heterocycles. The zero-order chi connectivity index (χ0) is 21.1. The Hall–Kier alpha value is -2.59. The minimum absolute atomic E-state index is 0.242. The number of sulfonamides is 1. The Morgan fingerprint density at radius 3 is 2.57 bits per heavy atom. The predicted octanol–water partition coefficient (Wildman–Crippen LogP) is 1.79. The number of hydrogen-bond donors (Lipinski definition) is 0. The van der Waals surface area contributed by atoms with Crippen molar-refractivity contribution in [3.8, 4) is 17.4 Å². The van der Waals surface area contributed by atoms with Crippen LogP contribution in [0.3, 0.4) is 0 Å². The monoisotopic (exact) mass is 434 g/mol. The number of anilines is 1. The van der Waals surface area contributed by atoms with Crippen molar-refractivity contribution in [2.24, 2.45) is 5.92 Å². The van der Waals surface area contributed by atoms with Gasteiger partial charge in [-0.05, 0) is 30.9 Å². The van der Waals surface area contributed by atoms with Crippen LogP contribution in [-0.4, -0.2) is 69.7 Å². The third-order valence-corrected chi connectivity index (χ3v) is 7.35. The number of nitrogens with zero attached hydrogens (tertiary/aromatic N) is 4. The highest BCUT2D eigenvalue weighted by Gasteiger charge is 2.31. The summed E-state index contributed by atoms with van der Waals surface area (Å²) in [6.07, 6.45) is 4.78. The molecule has 1 fully saturated rings. The van der Waals surface area contributed by atoms with Crippen LogP contribution in [0, 0.1) is 5.92 Å². The van der Waals surface area contributed by atoms with E-state index in [4.69, 9.17) is 14.2 Å². The molecule has 10 heteroatoms. The maximum Gasteiger partial charge on any atom is 0.257 e. The number of piperidine rings is 1. The summed E-state index contributed by atoms with van der Waals surface area (Å²) >= 11 is 0. The first-order chi connectivity index (χ1) is 14.5. The number of fused-ring (bicyclic) bond motifs is 1. The molecule has 1 aromatic heterocycles. The summed E-state index contributed by atoms with van der Waals surface area (Å²) in [4.78, 5) is 10.8. The number of benzene rings is 1. The second-order valence-electron chi connectivity index (χ2n) is 7.42. The first kappa shape index (κ1) is 20.7. The lowest BCUT2D eigenvalue weighted by Gasteiger charge is -2.33. The van der Waals surface area contributed by atoms with Crippen molar-refractivity contribution in [3.05, 3.63) is 30.6 Å². The lowest BCUT2D eigenvalue weighted by Crippen LogP contribution is -2.41. The van der Waals surface area contributed by atoms with Crippen molar-refractivity contribution in [1.29, 1.82) is 0 Å². The van der Waals surface area contributed by atoms with Crippen LogP contribution < -0.4 is 19.1 Å². The van der Waals surface area contributed by atoms with E-state index >= 15 is 0 Å². The summed E-state index contributed by atoms with van der Waals surface area (Å²) in [5.41, 5.74) is 0. The molecule has 0 atom stereocenters. The number of hydrogen-bond acceptors (Lipinski definition) is 8. The molecule has 3 heterocycles. The average Bonchev–Trinajstić information content (AvgIpc) is 2.79. The maximum absolute atomic E-state index is 13.1. The fourth-order valence-electron chi connectivity index (χ4n) is 3.86. The molecular formula is C20H26N4O5S. The van der Waals surface area contributed by atoms with Gasteiger partial charge in [0.05, 0.1) is 12.0 Å². The Morgan fingerprint density at radius 1 is 1.13 bits per heavy atom. The van der Waals surface area contributed by atoms with Crippen LogP contribution in [0.4, 0.5) is 5.82 Å². The minimum Gasteiger partial charge on any atom is -0.486 e. The van der Waals surface area contributed by atoms with Crippen LogP contribution in [0.25, 0.3) is 0 Å². The van der Waals surface area contributed by atoms with Crippen molar-refractivity contribution < 1.29 is 22.6 Å². The molecule has 1 aromatic carbocycles. The maximum atomic E-state index is 13.1. The Kier molecular flexibility index (Phi) is 5.96. The Labute approximate surface area is 176 Å². The Balaban J connectivity index is 1.39. The number of ether oxygens (including phenoxy) is 3. The van der Waals surface area contributed by atoms with Crippen molar-refractivity contribution in [2.45, 2.75) is 17.7 Å². The van der Waals surface area contributed by atoms with E-state index in [1.807, 2.05) is 11.9 Å². The quantitative estimate of drug-likeness (QED) is 0.679. The van der Waals surface area contributed by atoms with Gasteiger partial charge in [-0.15, -0.1) is 0 Å². The van der Waals surface area contributed by atoms with Gasteiger partial charge in [-0.1, -0.05) is 0 Å². The molecule has 0 spiro atoms. The van der Waals surface area contributed by atoms with Crippen molar-refractivity contribution >= 4 is 15.8 Å². The van der Waals surface area contributed by atoms with E-state index < -0.39 is 10.0 Å². The SMILES string of the molecule is COc1nccnc1N(C)CC1CCN(S(=O)(=O)c2ccc3c(c2)OCCO3)CC1. The molecule has 0 amide bonds. The molecule has 0 saturated carbocycles. The lowest BCUT2D eigenvalue weighted by molar-refractivity contribution is 0.171. The Bertz CT molecular complexity index is 992. The molecule has 1 saturated heterocycles. The van der Waals surface area contributed by atoms with Gasteiger partial charge in [0, 0.05) is 45.1 Å². The van der Waals surface area contributed by atoms with Gasteiger partial charge < -0.3 is 19.1 Å². The third-order valence-electron chi connectivity index (χ3n) is 5.46. The molecule has 2 aromatic rings. The predicted molar refractivity (Wildman–Crippen MR) is 111 cm³/mol. The van der Waals surface area contributed by atoms with Crippen LogP contribution >= 0.6 is 0 Å². The fourth-order valence-corrected chi connectivity index (χ4v) is 5.35. The van der Waals surface area contributed by atoms with E-state index in [0.29, 0.717) is 55.4 Å². The smallest absolute Gasteiger partial charge is 0.257 e. The number of rotatable bonds is 6. The summed E-state index contributed by atoms with van der Waals surface area (Å²) in [5.74, 6) is 2.59. The van der Waals surface area contributed by atoms with Gasteiger partial charge in [0.1, 0.15) is 13.2 Å². The molecule has 0 unspecified atom stereocenters. The molecule has 4 rings (SSSR count). The minimum atomic E-state index is -3.57. The molecule has 0 N–H and O–H groups in total. The van der Waals surface area contributed by atoms with E-state index in [-0.39, 0.29) is 4.90 Å². The highest BCUT2D eigenvalue weighted by atomic mass is 32.2.